The van der Waals surface area contributed by atoms with E-state index in [0.29, 0.717) is 11.5 Å². The first-order valence-electron chi connectivity index (χ1n) is 8.22. The third-order valence-corrected chi connectivity index (χ3v) is 5.32. The van der Waals surface area contributed by atoms with Gasteiger partial charge in [-0.1, -0.05) is 66.4 Å². The van der Waals surface area contributed by atoms with Crippen molar-refractivity contribution >= 4 is 46.3 Å². The summed E-state index contributed by atoms with van der Waals surface area (Å²) < 4.78 is 6.00. The SMILES string of the molecule is CC(C(=O)O)N1C(=O)/C(=C/c2ccc(OCc3ccccc3)cc2)SC1=S. The first-order chi connectivity index (χ1) is 13.0. The lowest BCUT2D eigenvalue weighted by molar-refractivity contribution is -0.144. The summed E-state index contributed by atoms with van der Waals surface area (Å²) >= 11 is 6.26. The number of carboxylic acid groups (broad SMARTS) is 1. The van der Waals surface area contributed by atoms with Crippen LogP contribution < -0.4 is 4.74 Å². The second-order valence-electron chi connectivity index (χ2n) is 5.91. The Labute approximate surface area is 166 Å². The lowest BCUT2D eigenvalue weighted by atomic mass is 10.2. The highest BCUT2D eigenvalue weighted by molar-refractivity contribution is 8.26. The average molecular weight is 399 g/mol. The number of carbonyl (C=O) groups excluding carboxylic acids is 1. The van der Waals surface area contributed by atoms with Crippen molar-refractivity contribution in [2.45, 2.75) is 19.6 Å². The van der Waals surface area contributed by atoms with E-state index in [4.69, 9.17) is 22.1 Å². The van der Waals surface area contributed by atoms with Crippen molar-refractivity contribution in [2.75, 3.05) is 0 Å². The highest BCUT2D eigenvalue weighted by Gasteiger charge is 2.38. The topological polar surface area (TPSA) is 66.8 Å². The molecule has 1 atom stereocenters. The largest absolute Gasteiger partial charge is 0.489 e. The predicted octanol–water partition coefficient (Wildman–Crippen LogP) is 3.94. The second-order valence-corrected chi connectivity index (χ2v) is 7.58. The molecule has 1 unspecified atom stereocenters. The standard InChI is InChI=1S/C20H17NO4S2/c1-13(19(23)24)21-18(22)17(27-20(21)26)11-14-7-9-16(10-8-14)25-12-15-5-3-2-4-6-15/h2-11,13H,12H2,1H3,(H,23,24)/b17-11-. The van der Waals surface area contributed by atoms with Gasteiger partial charge in [-0.05, 0) is 36.3 Å². The summed E-state index contributed by atoms with van der Waals surface area (Å²) in [6.45, 7) is 1.92. The monoisotopic (exact) mass is 399 g/mol. The van der Waals surface area contributed by atoms with Crippen molar-refractivity contribution in [3.05, 3.63) is 70.6 Å². The number of hydrogen-bond acceptors (Lipinski definition) is 5. The first-order valence-corrected chi connectivity index (χ1v) is 9.45. The molecular formula is C20H17NO4S2. The number of hydrogen-bond donors (Lipinski definition) is 1. The molecule has 0 bridgehead atoms. The summed E-state index contributed by atoms with van der Waals surface area (Å²) in [7, 11) is 0. The molecule has 2 aromatic rings. The normalized spacial score (nSPS) is 16.6. The molecular weight excluding hydrogens is 382 g/mol. The number of ether oxygens (including phenoxy) is 1. The molecule has 27 heavy (non-hydrogen) atoms. The van der Waals surface area contributed by atoms with Crippen LogP contribution in [0.1, 0.15) is 18.1 Å². The van der Waals surface area contributed by atoms with Gasteiger partial charge in [0.2, 0.25) is 0 Å². The molecule has 1 fully saturated rings. The van der Waals surface area contributed by atoms with E-state index >= 15 is 0 Å². The van der Waals surface area contributed by atoms with E-state index in [2.05, 4.69) is 0 Å². The smallest absolute Gasteiger partial charge is 0.326 e. The van der Waals surface area contributed by atoms with Crippen LogP contribution in [0, 0.1) is 0 Å². The number of carboxylic acids is 1. The van der Waals surface area contributed by atoms with E-state index in [1.54, 1.807) is 6.08 Å². The van der Waals surface area contributed by atoms with Crippen LogP contribution in [-0.4, -0.2) is 32.2 Å². The van der Waals surface area contributed by atoms with Crippen molar-refractivity contribution < 1.29 is 19.4 Å². The van der Waals surface area contributed by atoms with Crippen LogP contribution in [0.15, 0.2) is 59.5 Å². The van der Waals surface area contributed by atoms with Crippen LogP contribution in [0.2, 0.25) is 0 Å². The summed E-state index contributed by atoms with van der Waals surface area (Å²) in [5.74, 6) is -0.750. The zero-order valence-corrected chi connectivity index (χ0v) is 16.1. The Bertz CT molecular complexity index is 894. The first kappa shape index (κ1) is 19.1. The van der Waals surface area contributed by atoms with Gasteiger partial charge >= 0.3 is 5.97 Å². The van der Waals surface area contributed by atoms with Gasteiger partial charge in [-0.2, -0.15) is 0 Å². The molecule has 1 saturated heterocycles. The number of thioether (sulfide) groups is 1. The summed E-state index contributed by atoms with van der Waals surface area (Å²) in [5, 5.41) is 9.12. The Morgan fingerprint density at radius 1 is 1.22 bits per heavy atom. The van der Waals surface area contributed by atoms with Crippen LogP contribution in [0.4, 0.5) is 0 Å². The number of carbonyl (C=O) groups is 2. The molecule has 0 spiro atoms. The number of amides is 1. The Balaban J connectivity index is 1.68. The number of aliphatic carboxylic acids is 1. The van der Waals surface area contributed by atoms with E-state index in [-0.39, 0.29) is 10.2 Å². The fourth-order valence-electron chi connectivity index (χ4n) is 2.48. The van der Waals surface area contributed by atoms with Crippen LogP contribution in [0.3, 0.4) is 0 Å². The number of benzene rings is 2. The van der Waals surface area contributed by atoms with Crippen LogP contribution in [0.5, 0.6) is 5.75 Å². The van der Waals surface area contributed by atoms with E-state index < -0.39 is 12.0 Å². The van der Waals surface area contributed by atoms with Crippen LogP contribution in [0.25, 0.3) is 6.08 Å². The third kappa shape index (κ3) is 4.56. The lowest BCUT2D eigenvalue weighted by Crippen LogP contribution is -2.41. The maximum Gasteiger partial charge on any atom is 0.326 e. The number of rotatable bonds is 6. The van der Waals surface area contributed by atoms with Gasteiger partial charge in [0.05, 0.1) is 4.91 Å². The van der Waals surface area contributed by atoms with Gasteiger partial charge in [0.25, 0.3) is 5.91 Å². The average Bonchev–Trinajstić information content (AvgIpc) is 2.94. The highest BCUT2D eigenvalue weighted by Crippen LogP contribution is 2.34. The van der Waals surface area contributed by atoms with Crippen molar-refractivity contribution in [3.63, 3.8) is 0 Å². The molecule has 0 saturated carbocycles. The van der Waals surface area contributed by atoms with E-state index in [1.807, 2.05) is 54.6 Å². The number of thiocarbonyl (C=S) groups is 1. The molecule has 1 N–H and O–H groups in total. The summed E-state index contributed by atoms with van der Waals surface area (Å²) in [6, 6.07) is 16.2. The Kier molecular flexibility index (Phi) is 5.93. The summed E-state index contributed by atoms with van der Waals surface area (Å²) in [6.07, 6.45) is 1.70. The molecule has 5 nitrogen and oxygen atoms in total. The molecule has 7 heteroatoms. The molecule has 1 heterocycles. The van der Waals surface area contributed by atoms with Crippen molar-refractivity contribution in [1.29, 1.82) is 0 Å². The highest BCUT2D eigenvalue weighted by atomic mass is 32.2. The summed E-state index contributed by atoms with van der Waals surface area (Å²) in [4.78, 5) is 25.1. The van der Waals surface area contributed by atoms with Gasteiger partial charge in [0.15, 0.2) is 0 Å². The minimum atomic E-state index is -1.09. The minimum absolute atomic E-state index is 0.254. The van der Waals surface area contributed by atoms with Gasteiger partial charge in [0, 0.05) is 0 Å². The van der Waals surface area contributed by atoms with E-state index in [1.165, 1.54) is 6.92 Å². The van der Waals surface area contributed by atoms with Gasteiger partial charge in [0.1, 0.15) is 22.7 Å². The van der Waals surface area contributed by atoms with Crippen LogP contribution >= 0.6 is 24.0 Å². The maximum absolute atomic E-state index is 12.5. The third-order valence-electron chi connectivity index (χ3n) is 3.99. The Hall–Kier alpha value is -2.64. The fourth-order valence-corrected chi connectivity index (χ4v) is 3.90. The molecule has 0 aliphatic carbocycles. The van der Waals surface area contributed by atoms with Gasteiger partial charge in [-0.3, -0.25) is 9.69 Å². The van der Waals surface area contributed by atoms with Gasteiger partial charge < -0.3 is 9.84 Å². The van der Waals surface area contributed by atoms with Gasteiger partial charge in [-0.25, -0.2) is 4.79 Å². The summed E-state index contributed by atoms with van der Waals surface area (Å²) in [5.41, 5.74) is 1.89. The van der Waals surface area contributed by atoms with E-state index in [9.17, 15) is 9.59 Å². The second kappa shape index (κ2) is 8.37. The van der Waals surface area contributed by atoms with E-state index in [0.717, 1.165) is 33.5 Å². The quantitative estimate of drug-likeness (QED) is 0.586. The molecule has 1 amide bonds. The fraction of sp³-hybridized carbons (Fsp3) is 0.150. The molecule has 1 aliphatic heterocycles. The molecule has 2 aromatic carbocycles. The Morgan fingerprint density at radius 3 is 2.52 bits per heavy atom. The molecule has 0 radical (unpaired) electrons. The molecule has 138 valence electrons. The molecule has 3 rings (SSSR count). The molecule has 1 aliphatic rings. The van der Waals surface area contributed by atoms with Crippen LogP contribution in [-0.2, 0) is 16.2 Å². The van der Waals surface area contributed by atoms with Gasteiger partial charge in [-0.15, -0.1) is 0 Å². The zero-order valence-electron chi connectivity index (χ0n) is 14.5. The lowest BCUT2D eigenvalue weighted by Gasteiger charge is -2.18. The van der Waals surface area contributed by atoms with Crippen molar-refractivity contribution in [2.24, 2.45) is 0 Å². The zero-order chi connectivity index (χ0) is 19.4. The minimum Gasteiger partial charge on any atom is -0.489 e. The van der Waals surface area contributed by atoms with Crippen molar-refractivity contribution in [1.82, 2.24) is 4.90 Å². The number of nitrogens with zero attached hydrogens (tertiary/aromatic N) is 1. The van der Waals surface area contributed by atoms with Crippen molar-refractivity contribution in [3.8, 4) is 5.75 Å². The Morgan fingerprint density at radius 2 is 1.89 bits per heavy atom. The maximum atomic E-state index is 12.5. The predicted molar refractivity (Wildman–Crippen MR) is 109 cm³/mol. The molecule has 0 aromatic heterocycles.